The second-order valence-corrected chi connectivity index (χ2v) is 4.82. The van der Waals surface area contributed by atoms with Gasteiger partial charge in [-0.25, -0.2) is 18.0 Å². The number of pyridine rings is 1. The molecule has 2 aromatic rings. The molecule has 1 aliphatic rings. The molecule has 110 valence electrons. The molecular weight excluding hydrogens is 291 g/mol. The van der Waals surface area contributed by atoms with E-state index in [1.807, 2.05) is 0 Å². The Morgan fingerprint density at radius 2 is 1.86 bits per heavy atom. The number of hydrogen-bond acceptors (Lipinski definition) is 3. The Morgan fingerprint density at radius 3 is 2.38 bits per heavy atom. The first-order valence-corrected chi connectivity index (χ1v) is 6.02. The van der Waals surface area contributed by atoms with Crippen LogP contribution in [0, 0.1) is 17.5 Å². The van der Waals surface area contributed by atoms with Gasteiger partial charge in [-0.3, -0.25) is 4.79 Å². The van der Waals surface area contributed by atoms with E-state index in [0.29, 0.717) is 18.9 Å². The summed E-state index contributed by atoms with van der Waals surface area (Å²) in [6, 6.07) is -0.0233. The van der Waals surface area contributed by atoms with Gasteiger partial charge in [-0.05, 0) is 18.9 Å². The first-order chi connectivity index (χ1) is 9.84. The van der Waals surface area contributed by atoms with Crippen molar-refractivity contribution in [2.45, 2.75) is 18.9 Å². The number of rotatable bonds is 2. The number of carboxylic acids is 1. The summed E-state index contributed by atoms with van der Waals surface area (Å²) in [5, 5.41) is 18.2. The largest absolute Gasteiger partial charge is 0.502 e. The third-order valence-electron chi connectivity index (χ3n) is 3.42. The molecule has 0 unspecified atom stereocenters. The molecule has 2 N–H and O–H groups in total. The summed E-state index contributed by atoms with van der Waals surface area (Å²) in [4.78, 5) is 23.1. The Balaban J connectivity index is 2.61. The summed E-state index contributed by atoms with van der Waals surface area (Å²) in [5.74, 6) is -7.79. The Labute approximate surface area is 114 Å². The molecule has 1 aliphatic carbocycles. The van der Waals surface area contributed by atoms with Crippen LogP contribution in [0.25, 0.3) is 10.9 Å². The van der Waals surface area contributed by atoms with Crippen LogP contribution in [-0.2, 0) is 0 Å². The molecule has 0 saturated heterocycles. The van der Waals surface area contributed by atoms with Crippen LogP contribution in [-0.4, -0.2) is 20.7 Å². The molecule has 0 aliphatic heterocycles. The Hall–Kier alpha value is -2.51. The molecule has 3 rings (SSSR count). The van der Waals surface area contributed by atoms with Crippen LogP contribution in [0.3, 0.4) is 0 Å². The second kappa shape index (κ2) is 4.24. The maximum absolute atomic E-state index is 14.0. The highest BCUT2D eigenvalue weighted by Gasteiger charge is 2.34. The number of aromatic hydroxyl groups is 1. The van der Waals surface area contributed by atoms with Gasteiger partial charge in [0.15, 0.2) is 28.9 Å². The van der Waals surface area contributed by atoms with Crippen molar-refractivity contribution in [2.24, 2.45) is 0 Å². The van der Waals surface area contributed by atoms with E-state index in [1.165, 1.54) is 0 Å². The van der Waals surface area contributed by atoms with Crippen molar-refractivity contribution < 1.29 is 28.2 Å². The van der Waals surface area contributed by atoms with E-state index < -0.39 is 57.2 Å². The minimum absolute atomic E-state index is 0.459. The molecule has 5 nitrogen and oxygen atoms in total. The lowest BCUT2D eigenvalue weighted by atomic mass is 10.1. The zero-order valence-corrected chi connectivity index (χ0v) is 10.4. The summed E-state index contributed by atoms with van der Waals surface area (Å²) in [6.45, 7) is 0. The van der Waals surface area contributed by atoms with Gasteiger partial charge in [-0.1, -0.05) is 0 Å². The fourth-order valence-electron chi connectivity index (χ4n) is 2.36. The van der Waals surface area contributed by atoms with Crippen molar-refractivity contribution in [3.8, 4) is 5.75 Å². The van der Waals surface area contributed by atoms with Crippen LogP contribution in [0.2, 0.25) is 0 Å². The maximum Gasteiger partial charge on any atom is 0.356 e. The quantitative estimate of drug-likeness (QED) is 0.833. The molecular formula is C13H8F3NO4. The van der Waals surface area contributed by atoms with E-state index in [1.54, 1.807) is 0 Å². The van der Waals surface area contributed by atoms with Gasteiger partial charge in [0.05, 0.1) is 10.9 Å². The maximum atomic E-state index is 14.0. The van der Waals surface area contributed by atoms with Crippen LogP contribution in [0.15, 0.2) is 10.9 Å². The molecule has 0 bridgehead atoms. The SMILES string of the molecule is O=C(O)c1c(O)c(=O)c2cc(F)c(F)c(F)c2n1C1CC1. The number of hydrogen-bond donors (Lipinski definition) is 2. The molecule has 1 saturated carbocycles. The predicted molar refractivity (Wildman–Crippen MR) is 65.0 cm³/mol. The van der Waals surface area contributed by atoms with Crippen LogP contribution < -0.4 is 5.43 Å². The van der Waals surface area contributed by atoms with Crippen LogP contribution in [0.4, 0.5) is 13.2 Å². The number of benzene rings is 1. The highest BCUT2D eigenvalue weighted by Crippen LogP contribution is 2.40. The molecule has 0 spiro atoms. The van der Waals surface area contributed by atoms with Gasteiger partial charge in [0.2, 0.25) is 5.43 Å². The van der Waals surface area contributed by atoms with Crippen molar-refractivity contribution in [1.29, 1.82) is 0 Å². The average Bonchev–Trinajstić information content (AvgIpc) is 3.24. The standard InChI is InChI=1S/C13H8F3NO4/c14-6-3-5-9(8(16)7(6)15)17(4-1-2-4)10(13(20)21)12(19)11(5)18/h3-4,19H,1-2H2,(H,20,21). The number of carbonyl (C=O) groups is 1. The molecule has 1 fully saturated rings. The first kappa shape index (κ1) is 13.5. The van der Waals surface area contributed by atoms with Crippen molar-refractivity contribution in [3.63, 3.8) is 0 Å². The zero-order valence-electron chi connectivity index (χ0n) is 10.4. The smallest absolute Gasteiger partial charge is 0.356 e. The van der Waals surface area contributed by atoms with E-state index in [9.17, 15) is 27.9 Å². The number of halogens is 3. The van der Waals surface area contributed by atoms with Crippen LogP contribution in [0.1, 0.15) is 29.4 Å². The van der Waals surface area contributed by atoms with E-state index in [4.69, 9.17) is 5.11 Å². The number of aromatic carboxylic acids is 1. The minimum atomic E-state index is -1.79. The molecule has 1 aromatic heterocycles. The van der Waals surface area contributed by atoms with Crippen LogP contribution in [0.5, 0.6) is 5.75 Å². The fourth-order valence-corrected chi connectivity index (χ4v) is 2.36. The van der Waals surface area contributed by atoms with E-state index in [-0.39, 0.29) is 0 Å². The minimum Gasteiger partial charge on any atom is -0.502 e. The van der Waals surface area contributed by atoms with Gasteiger partial charge in [-0.2, -0.15) is 0 Å². The molecule has 0 amide bonds. The van der Waals surface area contributed by atoms with Gasteiger partial charge in [0.1, 0.15) is 0 Å². The summed E-state index contributed by atoms with van der Waals surface area (Å²) in [6.07, 6.45) is 0.965. The topological polar surface area (TPSA) is 79.5 Å². The molecule has 1 aromatic carbocycles. The fraction of sp³-hybridized carbons (Fsp3) is 0.231. The van der Waals surface area contributed by atoms with Crippen molar-refractivity contribution in [2.75, 3.05) is 0 Å². The summed E-state index contributed by atoms with van der Waals surface area (Å²) in [5.41, 5.74) is -2.71. The monoisotopic (exact) mass is 299 g/mol. The van der Waals surface area contributed by atoms with Crippen LogP contribution >= 0.6 is 0 Å². The number of carboxylic acid groups (broad SMARTS) is 1. The number of aromatic nitrogens is 1. The molecule has 21 heavy (non-hydrogen) atoms. The summed E-state index contributed by atoms with van der Waals surface area (Å²) < 4.78 is 41.5. The first-order valence-electron chi connectivity index (χ1n) is 6.02. The second-order valence-electron chi connectivity index (χ2n) is 4.82. The lowest BCUT2D eigenvalue weighted by Gasteiger charge is -2.16. The summed E-state index contributed by atoms with van der Waals surface area (Å²) >= 11 is 0. The average molecular weight is 299 g/mol. The van der Waals surface area contributed by atoms with Crippen molar-refractivity contribution in [3.05, 3.63) is 39.4 Å². The van der Waals surface area contributed by atoms with Gasteiger partial charge < -0.3 is 14.8 Å². The normalized spacial score (nSPS) is 14.6. The predicted octanol–water partition coefficient (Wildman–Crippen LogP) is 2.16. The lowest BCUT2D eigenvalue weighted by molar-refractivity contribution is 0.0680. The van der Waals surface area contributed by atoms with Gasteiger partial charge in [0.25, 0.3) is 0 Å². The molecule has 8 heteroatoms. The van der Waals surface area contributed by atoms with Gasteiger partial charge in [-0.15, -0.1) is 0 Å². The van der Waals surface area contributed by atoms with E-state index >= 15 is 0 Å². The highest BCUT2D eigenvalue weighted by atomic mass is 19.2. The van der Waals surface area contributed by atoms with E-state index in [0.717, 1.165) is 4.57 Å². The van der Waals surface area contributed by atoms with Crippen molar-refractivity contribution >= 4 is 16.9 Å². The van der Waals surface area contributed by atoms with Gasteiger partial charge in [0, 0.05) is 6.04 Å². The van der Waals surface area contributed by atoms with Crippen molar-refractivity contribution in [1.82, 2.24) is 4.57 Å². The summed E-state index contributed by atoms with van der Waals surface area (Å²) in [7, 11) is 0. The Kier molecular flexibility index (Phi) is 2.72. The highest BCUT2D eigenvalue weighted by molar-refractivity contribution is 5.94. The van der Waals surface area contributed by atoms with Gasteiger partial charge >= 0.3 is 5.97 Å². The molecule has 1 heterocycles. The molecule has 0 atom stereocenters. The Morgan fingerprint density at radius 1 is 1.24 bits per heavy atom. The molecule has 0 radical (unpaired) electrons. The Bertz CT molecular complexity index is 855. The lowest BCUT2D eigenvalue weighted by Crippen LogP contribution is -2.20. The number of fused-ring (bicyclic) bond motifs is 1. The zero-order chi connectivity index (χ0) is 15.5. The third kappa shape index (κ3) is 1.78. The third-order valence-corrected chi connectivity index (χ3v) is 3.42. The van der Waals surface area contributed by atoms with E-state index in [2.05, 4.69) is 0 Å². The number of nitrogens with zero attached hydrogens (tertiary/aromatic N) is 1.